The zero-order chi connectivity index (χ0) is 22.3. The third-order valence-electron chi connectivity index (χ3n) is 5.11. The van der Waals surface area contributed by atoms with Crippen LogP contribution in [0.3, 0.4) is 0 Å². The Morgan fingerprint density at radius 3 is 2.55 bits per heavy atom. The average molecular weight is 449 g/mol. The molecule has 1 aromatic carbocycles. The second kappa shape index (κ2) is 7.81. The van der Waals surface area contributed by atoms with Crippen LogP contribution in [0, 0.1) is 11.6 Å². The normalized spacial score (nSPS) is 14.5. The molecule has 10 heteroatoms. The second-order valence-corrected chi connectivity index (χ2v) is 8.25. The third-order valence-corrected chi connectivity index (χ3v) is 5.31. The lowest BCUT2D eigenvalue weighted by molar-refractivity contribution is 0.289. The number of anilines is 1. The van der Waals surface area contributed by atoms with Gasteiger partial charge in [-0.2, -0.15) is 4.98 Å². The number of hydrogen-bond donors (Lipinski definition) is 0. The van der Waals surface area contributed by atoms with Crippen LogP contribution in [0.2, 0.25) is 5.02 Å². The molecule has 3 aromatic rings. The van der Waals surface area contributed by atoms with Crippen molar-refractivity contribution in [3.63, 3.8) is 0 Å². The fourth-order valence-corrected chi connectivity index (χ4v) is 3.46. The summed E-state index contributed by atoms with van der Waals surface area (Å²) in [4.78, 5) is 22.0. The van der Waals surface area contributed by atoms with E-state index in [0.717, 1.165) is 12.1 Å². The van der Waals surface area contributed by atoms with Gasteiger partial charge in [-0.3, -0.25) is 9.55 Å². The molecule has 0 fully saturated rings. The predicted octanol–water partition coefficient (Wildman–Crippen LogP) is 4.17. The summed E-state index contributed by atoms with van der Waals surface area (Å²) in [7, 11) is 1.88. The molecule has 1 aliphatic heterocycles. The van der Waals surface area contributed by atoms with Gasteiger partial charge in [-0.1, -0.05) is 11.6 Å². The van der Waals surface area contributed by atoms with Crippen molar-refractivity contribution < 1.29 is 18.3 Å². The standard InChI is InChI=1S/C21H19ClF2N4O3/c1-21(2)11-28-18(27(21)3)7-17(26-20(28)29)30-10-12-4-15(23)19(16(24)5-12)31-14-6-13(22)8-25-9-14/h4-9H,10-11H2,1-3H3. The number of nitrogens with zero attached hydrogens (tertiary/aromatic N) is 4. The van der Waals surface area contributed by atoms with Crippen molar-refractivity contribution in [2.75, 3.05) is 11.9 Å². The van der Waals surface area contributed by atoms with E-state index < -0.39 is 23.1 Å². The topological polar surface area (TPSA) is 69.5 Å². The number of rotatable bonds is 5. The second-order valence-electron chi connectivity index (χ2n) is 7.81. The monoisotopic (exact) mass is 448 g/mol. The van der Waals surface area contributed by atoms with Crippen LogP contribution in [0.4, 0.5) is 14.6 Å². The number of fused-ring (bicyclic) bond motifs is 1. The van der Waals surface area contributed by atoms with Gasteiger partial charge in [-0.25, -0.2) is 13.6 Å². The van der Waals surface area contributed by atoms with Gasteiger partial charge in [0, 0.05) is 25.4 Å². The summed E-state index contributed by atoms with van der Waals surface area (Å²) in [5.41, 5.74) is -0.476. The molecule has 0 atom stereocenters. The highest BCUT2D eigenvalue weighted by Gasteiger charge is 2.34. The Balaban J connectivity index is 1.52. The molecule has 4 rings (SSSR count). The first-order valence-corrected chi connectivity index (χ1v) is 9.77. The van der Waals surface area contributed by atoms with E-state index >= 15 is 0 Å². The molecule has 0 radical (unpaired) electrons. The van der Waals surface area contributed by atoms with Gasteiger partial charge in [-0.15, -0.1) is 0 Å². The molecule has 162 valence electrons. The van der Waals surface area contributed by atoms with Gasteiger partial charge in [0.05, 0.1) is 23.3 Å². The molecule has 0 spiro atoms. The molecule has 0 aliphatic carbocycles. The van der Waals surface area contributed by atoms with Crippen LogP contribution in [0.15, 0.2) is 41.5 Å². The van der Waals surface area contributed by atoms with E-state index in [4.69, 9.17) is 21.1 Å². The third kappa shape index (κ3) is 4.18. The van der Waals surface area contributed by atoms with E-state index in [9.17, 15) is 13.6 Å². The van der Waals surface area contributed by atoms with Gasteiger partial charge >= 0.3 is 5.69 Å². The Morgan fingerprint density at radius 1 is 1.16 bits per heavy atom. The zero-order valence-corrected chi connectivity index (χ0v) is 17.8. The molecular formula is C21H19ClF2N4O3. The summed E-state index contributed by atoms with van der Waals surface area (Å²) >= 11 is 5.81. The van der Waals surface area contributed by atoms with Crippen molar-refractivity contribution in [3.05, 3.63) is 69.4 Å². The highest BCUT2D eigenvalue weighted by atomic mass is 35.5. The Labute approximate surface area is 181 Å². The van der Waals surface area contributed by atoms with Crippen molar-refractivity contribution in [2.45, 2.75) is 32.5 Å². The first kappa shape index (κ1) is 21.0. The van der Waals surface area contributed by atoms with Gasteiger partial charge < -0.3 is 14.4 Å². The summed E-state index contributed by atoms with van der Waals surface area (Å²) in [6.07, 6.45) is 2.66. The molecule has 0 N–H and O–H groups in total. The summed E-state index contributed by atoms with van der Waals surface area (Å²) < 4.78 is 41.2. The molecule has 0 unspecified atom stereocenters. The van der Waals surface area contributed by atoms with E-state index in [-0.39, 0.29) is 34.4 Å². The van der Waals surface area contributed by atoms with Gasteiger partial charge in [-0.05, 0) is 31.5 Å². The van der Waals surface area contributed by atoms with Crippen LogP contribution in [0.1, 0.15) is 19.4 Å². The number of hydrogen-bond acceptors (Lipinski definition) is 6. The number of halogens is 3. The van der Waals surface area contributed by atoms with Crippen LogP contribution in [0.25, 0.3) is 0 Å². The lowest BCUT2D eigenvalue weighted by Gasteiger charge is -2.28. The summed E-state index contributed by atoms with van der Waals surface area (Å²) in [6.45, 7) is 4.34. The van der Waals surface area contributed by atoms with E-state index in [1.54, 1.807) is 10.6 Å². The molecule has 3 heterocycles. The van der Waals surface area contributed by atoms with Crippen LogP contribution < -0.4 is 20.1 Å². The maximum absolute atomic E-state index is 14.5. The molecule has 7 nitrogen and oxygen atoms in total. The van der Waals surface area contributed by atoms with Crippen molar-refractivity contribution in [2.24, 2.45) is 0 Å². The highest BCUT2D eigenvalue weighted by molar-refractivity contribution is 6.30. The average Bonchev–Trinajstić information content (AvgIpc) is 2.93. The van der Waals surface area contributed by atoms with Gasteiger partial charge in [0.2, 0.25) is 5.88 Å². The van der Waals surface area contributed by atoms with Crippen molar-refractivity contribution in [1.82, 2.24) is 14.5 Å². The van der Waals surface area contributed by atoms with Gasteiger partial charge in [0.15, 0.2) is 17.4 Å². The number of pyridine rings is 1. The zero-order valence-electron chi connectivity index (χ0n) is 17.0. The molecule has 0 bridgehead atoms. The first-order chi connectivity index (χ1) is 14.6. The van der Waals surface area contributed by atoms with Crippen molar-refractivity contribution >= 4 is 17.4 Å². The fraction of sp³-hybridized carbons (Fsp3) is 0.286. The molecule has 1 aliphatic rings. The smallest absolute Gasteiger partial charge is 0.352 e. The molecular weight excluding hydrogens is 430 g/mol. The number of ether oxygens (including phenoxy) is 2. The maximum atomic E-state index is 14.5. The van der Waals surface area contributed by atoms with E-state index in [2.05, 4.69) is 9.97 Å². The Hall–Kier alpha value is -3.20. The highest BCUT2D eigenvalue weighted by Crippen LogP contribution is 2.32. The Bertz CT molecular complexity index is 1190. The van der Waals surface area contributed by atoms with Gasteiger partial charge in [0.1, 0.15) is 18.2 Å². The van der Waals surface area contributed by atoms with Crippen molar-refractivity contribution in [3.8, 4) is 17.4 Å². The van der Waals surface area contributed by atoms with Crippen LogP contribution in [-0.4, -0.2) is 27.1 Å². The maximum Gasteiger partial charge on any atom is 0.352 e. The number of aromatic nitrogens is 3. The SMILES string of the molecule is CN1c2cc(OCc3cc(F)c(Oc4cncc(Cl)c4)c(F)c3)nc(=O)n2CC1(C)C. The van der Waals surface area contributed by atoms with Gasteiger partial charge in [0.25, 0.3) is 0 Å². The minimum absolute atomic E-state index is 0.0759. The summed E-state index contributed by atoms with van der Waals surface area (Å²) in [6, 6.07) is 5.20. The Morgan fingerprint density at radius 2 is 1.87 bits per heavy atom. The lowest BCUT2D eigenvalue weighted by atomic mass is 10.1. The fourth-order valence-electron chi connectivity index (χ4n) is 3.29. The van der Waals surface area contributed by atoms with Crippen molar-refractivity contribution in [1.29, 1.82) is 0 Å². The quantitative estimate of drug-likeness (QED) is 0.583. The van der Waals surface area contributed by atoms with Crippen LogP contribution in [0.5, 0.6) is 17.4 Å². The number of benzene rings is 1. The van der Waals surface area contributed by atoms with E-state index in [0.29, 0.717) is 12.4 Å². The molecule has 0 amide bonds. The lowest BCUT2D eigenvalue weighted by Crippen LogP contribution is -2.38. The summed E-state index contributed by atoms with van der Waals surface area (Å²) in [5, 5.41) is 0.273. The van der Waals surface area contributed by atoms with Crippen LogP contribution >= 0.6 is 11.6 Å². The molecule has 2 aromatic heterocycles. The van der Waals surface area contributed by atoms with E-state index in [1.165, 1.54) is 18.5 Å². The molecule has 31 heavy (non-hydrogen) atoms. The molecule has 0 saturated heterocycles. The van der Waals surface area contributed by atoms with Crippen LogP contribution in [-0.2, 0) is 13.2 Å². The van der Waals surface area contributed by atoms with E-state index in [1.807, 2.05) is 25.8 Å². The minimum atomic E-state index is -0.915. The Kier molecular flexibility index (Phi) is 5.30. The first-order valence-electron chi connectivity index (χ1n) is 9.39. The minimum Gasteiger partial charge on any atom is -0.473 e. The predicted molar refractivity (Wildman–Crippen MR) is 111 cm³/mol. The number of likely N-dealkylation sites (N-methyl/N-ethyl adjacent to an activating group) is 1. The molecule has 0 saturated carbocycles. The largest absolute Gasteiger partial charge is 0.473 e. The summed E-state index contributed by atoms with van der Waals surface area (Å²) in [5.74, 6) is -1.57.